The summed E-state index contributed by atoms with van der Waals surface area (Å²) in [5, 5.41) is 0. The summed E-state index contributed by atoms with van der Waals surface area (Å²) in [6, 6.07) is 0. The van der Waals surface area contributed by atoms with Crippen LogP contribution in [0, 0.1) is 17.3 Å². The molecule has 0 N–H and O–H groups in total. The maximum atomic E-state index is 2.53. The first-order valence-corrected chi connectivity index (χ1v) is 5.21. The van der Waals surface area contributed by atoms with Crippen molar-refractivity contribution >= 4 is 0 Å². The highest BCUT2D eigenvalue weighted by atomic mass is 14.5. The van der Waals surface area contributed by atoms with Crippen molar-refractivity contribution in [1.82, 2.24) is 0 Å². The average molecular weight is 152 g/mol. The van der Waals surface area contributed by atoms with Gasteiger partial charge in [0.15, 0.2) is 0 Å². The van der Waals surface area contributed by atoms with Gasteiger partial charge in [-0.2, -0.15) is 0 Å². The molecule has 2 aliphatic carbocycles. The van der Waals surface area contributed by atoms with E-state index in [0.29, 0.717) is 0 Å². The lowest BCUT2D eigenvalue weighted by Gasteiger charge is -2.37. The van der Waals surface area contributed by atoms with Gasteiger partial charge in [0.1, 0.15) is 0 Å². The molecule has 0 aliphatic heterocycles. The van der Waals surface area contributed by atoms with Crippen LogP contribution in [0.5, 0.6) is 0 Å². The molecular formula is C11H20. The monoisotopic (exact) mass is 152 g/mol. The lowest BCUT2D eigenvalue weighted by molar-refractivity contribution is 0.139. The third-order valence-corrected chi connectivity index (χ3v) is 3.82. The van der Waals surface area contributed by atoms with Crippen LogP contribution in [-0.4, -0.2) is 0 Å². The number of rotatable bonds is 1. The maximum absolute atomic E-state index is 2.53. The molecule has 2 unspecified atom stereocenters. The van der Waals surface area contributed by atoms with Gasteiger partial charge in [-0.1, -0.05) is 26.7 Å². The van der Waals surface area contributed by atoms with Crippen molar-refractivity contribution < 1.29 is 0 Å². The van der Waals surface area contributed by atoms with Gasteiger partial charge in [-0.05, 0) is 42.9 Å². The highest BCUT2D eigenvalue weighted by Crippen LogP contribution is 2.54. The Morgan fingerprint density at radius 1 is 1.18 bits per heavy atom. The average Bonchev–Trinajstić information content (AvgIpc) is 2.66. The molecule has 0 amide bonds. The smallest absolute Gasteiger partial charge is 0.0295 e. The molecule has 2 saturated carbocycles. The minimum atomic E-state index is 0.762. The summed E-state index contributed by atoms with van der Waals surface area (Å²) in [5.41, 5.74) is 0.762. The summed E-state index contributed by atoms with van der Waals surface area (Å²) < 4.78 is 0. The van der Waals surface area contributed by atoms with E-state index in [2.05, 4.69) is 13.8 Å². The summed E-state index contributed by atoms with van der Waals surface area (Å²) in [4.78, 5) is 0. The molecule has 2 atom stereocenters. The van der Waals surface area contributed by atoms with E-state index < -0.39 is 0 Å². The van der Waals surface area contributed by atoms with Crippen molar-refractivity contribution in [3.05, 3.63) is 0 Å². The Hall–Kier alpha value is 0. The van der Waals surface area contributed by atoms with Crippen LogP contribution in [0.1, 0.15) is 52.4 Å². The molecule has 11 heavy (non-hydrogen) atoms. The van der Waals surface area contributed by atoms with Gasteiger partial charge in [-0.15, -0.1) is 0 Å². The molecule has 2 fully saturated rings. The van der Waals surface area contributed by atoms with Gasteiger partial charge < -0.3 is 0 Å². The second-order valence-electron chi connectivity index (χ2n) is 5.13. The lowest BCUT2D eigenvalue weighted by Crippen LogP contribution is -2.26. The van der Waals surface area contributed by atoms with Crippen LogP contribution in [0.3, 0.4) is 0 Å². The van der Waals surface area contributed by atoms with E-state index in [-0.39, 0.29) is 0 Å². The number of hydrogen-bond acceptors (Lipinski definition) is 0. The fourth-order valence-electron chi connectivity index (χ4n) is 3.01. The normalized spacial score (nSPS) is 45.8. The van der Waals surface area contributed by atoms with Crippen LogP contribution >= 0.6 is 0 Å². The molecule has 0 heterocycles. The molecular weight excluding hydrogens is 132 g/mol. The summed E-state index contributed by atoms with van der Waals surface area (Å²) in [6.07, 6.45) is 9.07. The molecule has 0 heteroatoms. The molecule has 0 radical (unpaired) electrons. The molecule has 0 aromatic heterocycles. The first kappa shape index (κ1) is 7.64. The molecule has 64 valence electrons. The zero-order valence-electron chi connectivity index (χ0n) is 7.90. The van der Waals surface area contributed by atoms with Crippen LogP contribution in [0.2, 0.25) is 0 Å². The fraction of sp³-hybridized carbons (Fsp3) is 1.00. The van der Waals surface area contributed by atoms with Crippen molar-refractivity contribution in [2.75, 3.05) is 0 Å². The predicted octanol–water partition coefficient (Wildman–Crippen LogP) is 3.61. The minimum Gasteiger partial charge on any atom is -0.0625 e. The molecule has 0 nitrogen and oxygen atoms in total. The van der Waals surface area contributed by atoms with Crippen molar-refractivity contribution in [2.45, 2.75) is 52.4 Å². The third-order valence-electron chi connectivity index (χ3n) is 3.82. The minimum absolute atomic E-state index is 0.762. The van der Waals surface area contributed by atoms with Gasteiger partial charge in [-0.3, -0.25) is 0 Å². The van der Waals surface area contributed by atoms with Crippen molar-refractivity contribution in [1.29, 1.82) is 0 Å². The van der Waals surface area contributed by atoms with Gasteiger partial charge in [0.05, 0.1) is 0 Å². The second kappa shape index (κ2) is 2.50. The van der Waals surface area contributed by atoms with Crippen molar-refractivity contribution in [3.63, 3.8) is 0 Å². The maximum Gasteiger partial charge on any atom is -0.0295 e. The molecule has 0 aromatic rings. The molecule has 2 aliphatic rings. The van der Waals surface area contributed by atoms with Crippen LogP contribution in [0.25, 0.3) is 0 Å². The van der Waals surface area contributed by atoms with Gasteiger partial charge in [0, 0.05) is 0 Å². The van der Waals surface area contributed by atoms with Crippen LogP contribution in [-0.2, 0) is 0 Å². The quantitative estimate of drug-likeness (QED) is 0.538. The Kier molecular flexibility index (Phi) is 1.74. The van der Waals surface area contributed by atoms with Crippen LogP contribution in [0.4, 0.5) is 0 Å². The van der Waals surface area contributed by atoms with E-state index in [4.69, 9.17) is 0 Å². The van der Waals surface area contributed by atoms with E-state index in [1.807, 2.05) is 0 Å². The lowest BCUT2D eigenvalue weighted by atomic mass is 9.68. The van der Waals surface area contributed by atoms with Crippen molar-refractivity contribution in [2.24, 2.45) is 17.3 Å². The Bertz CT molecular complexity index is 146. The SMILES string of the molecule is CC1CCCC(C)(C2CC2)C1. The Balaban J connectivity index is 1.99. The van der Waals surface area contributed by atoms with E-state index >= 15 is 0 Å². The first-order chi connectivity index (χ1) is 5.21. The molecule has 0 bridgehead atoms. The van der Waals surface area contributed by atoms with E-state index in [1.54, 1.807) is 0 Å². The molecule has 0 spiro atoms. The van der Waals surface area contributed by atoms with E-state index in [0.717, 1.165) is 17.3 Å². The standard InChI is InChI=1S/C11H20/c1-9-4-3-7-11(2,8-9)10-5-6-10/h9-10H,3-8H2,1-2H3. The van der Waals surface area contributed by atoms with Gasteiger partial charge >= 0.3 is 0 Å². The topological polar surface area (TPSA) is 0 Å². The highest BCUT2D eigenvalue weighted by molar-refractivity contribution is 4.93. The Labute approximate surface area is 70.4 Å². The zero-order valence-corrected chi connectivity index (χ0v) is 7.90. The Morgan fingerprint density at radius 2 is 1.91 bits per heavy atom. The summed E-state index contributed by atoms with van der Waals surface area (Å²) >= 11 is 0. The van der Waals surface area contributed by atoms with Gasteiger partial charge in [-0.25, -0.2) is 0 Å². The first-order valence-electron chi connectivity index (χ1n) is 5.21. The van der Waals surface area contributed by atoms with Gasteiger partial charge in [0.25, 0.3) is 0 Å². The Morgan fingerprint density at radius 3 is 2.45 bits per heavy atom. The van der Waals surface area contributed by atoms with E-state index in [9.17, 15) is 0 Å². The third kappa shape index (κ3) is 1.45. The summed E-state index contributed by atoms with van der Waals surface area (Å²) in [7, 11) is 0. The molecule has 0 aromatic carbocycles. The predicted molar refractivity (Wildman–Crippen MR) is 48.5 cm³/mol. The highest BCUT2D eigenvalue weighted by Gasteiger charge is 2.43. The van der Waals surface area contributed by atoms with Crippen LogP contribution < -0.4 is 0 Å². The second-order valence-corrected chi connectivity index (χ2v) is 5.13. The summed E-state index contributed by atoms with van der Waals surface area (Å²) in [6.45, 7) is 4.96. The molecule has 2 rings (SSSR count). The van der Waals surface area contributed by atoms with Crippen LogP contribution in [0.15, 0.2) is 0 Å². The summed E-state index contributed by atoms with van der Waals surface area (Å²) in [5.74, 6) is 2.12. The largest absolute Gasteiger partial charge is 0.0625 e. The van der Waals surface area contributed by atoms with Crippen molar-refractivity contribution in [3.8, 4) is 0 Å². The zero-order chi connectivity index (χ0) is 7.90. The van der Waals surface area contributed by atoms with Gasteiger partial charge in [0.2, 0.25) is 0 Å². The van der Waals surface area contributed by atoms with E-state index in [1.165, 1.54) is 38.5 Å². The molecule has 0 saturated heterocycles. The fourth-order valence-corrected chi connectivity index (χ4v) is 3.01. The number of hydrogen-bond donors (Lipinski definition) is 0.